The van der Waals surface area contributed by atoms with Gasteiger partial charge in [0.1, 0.15) is 0 Å². The smallest absolute Gasteiger partial charge is 0.410 e. The molecule has 5 aliphatic carbocycles. The predicted molar refractivity (Wildman–Crippen MR) is 74.9 cm³/mol. The third-order valence-corrected chi connectivity index (χ3v) is 7.65. The Hall–Kier alpha value is -1.09. The zero-order valence-electron chi connectivity index (χ0n) is 14.0. The van der Waals surface area contributed by atoms with Crippen LogP contribution in [0.3, 0.4) is 0 Å². The lowest BCUT2D eigenvalue weighted by Gasteiger charge is -2.42. The topological polar surface area (TPSA) is 37.3 Å². The van der Waals surface area contributed by atoms with Gasteiger partial charge in [-0.05, 0) is 67.6 Å². The van der Waals surface area contributed by atoms with Crippen LogP contribution in [0.2, 0.25) is 0 Å². The summed E-state index contributed by atoms with van der Waals surface area (Å²) in [7, 11) is 0. The maximum atomic E-state index is 14.7. The lowest BCUT2D eigenvalue weighted by molar-refractivity contribution is -0.373. The molecule has 6 unspecified atom stereocenters. The van der Waals surface area contributed by atoms with Crippen molar-refractivity contribution in [1.29, 1.82) is 0 Å². The second kappa shape index (κ2) is 5.28. The Bertz CT molecular complexity index is 663. The van der Waals surface area contributed by atoms with Crippen LogP contribution in [0.15, 0.2) is 0 Å². The van der Waals surface area contributed by atoms with E-state index in [4.69, 9.17) is 5.11 Å². The van der Waals surface area contributed by atoms with E-state index in [1.807, 2.05) is 0 Å². The summed E-state index contributed by atoms with van der Waals surface area (Å²) in [5.74, 6) is -31.2. The maximum Gasteiger partial charge on any atom is 0.410 e. The van der Waals surface area contributed by atoms with Crippen LogP contribution in [-0.2, 0) is 4.79 Å². The van der Waals surface area contributed by atoms with E-state index in [0.29, 0.717) is 12.3 Å². The largest absolute Gasteiger partial charge is 0.477 e. The minimum absolute atomic E-state index is 0.105. The van der Waals surface area contributed by atoms with Gasteiger partial charge in [0.15, 0.2) is 0 Å². The highest BCUT2D eigenvalue weighted by atomic mass is 19.4. The molecule has 27 heavy (non-hydrogen) atoms. The monoisotopic (exact) mass is 406 g/mol. The highest BCUT2D eigenvalue weighted by Crippen LogP contribution is 2.70. The molecular weight excluding hydrogens is 388 g/mol. The third-order valence-electron chi connectivity index (χ3n) is 7.65. The molecule has 0 spiro atoms. The van der Waals surface area contributed by atoms with Crippen molar-refractivity contribution < 1.29 is 45.0 Å². The number of carboxylic acid groups (broad SMARTS) is 1. The van der Waals surface area contributed by atoms with Crippen LogP contribution in [0.5, 0.6) is 0 Å². The van der Waals surface area contributed by atoms with E-state index in [-0.39, 0.29) is 36.5 Å². The van der Waals surface area contributed by atoms with Gasteiger partial charge in [0, 0.05) is 5.92 Å². The number of alkyl halides is 8. The molecule has 5 rings (SSSR count). The lowest BCUT2D eigenvalue weighted by Crippen LogP contribution is -2.66. The number of carbonyl (C=O) groups is 1. The summed E-state index contributed by atoms with van der Waals surface area (Å²) in [6.45, 7) is 0. The van der Waals surface area contributed by atoms with E-state index in [9.17, 15) is 39.9 Å². The van der Waals surface area contributed by atoms with Crippen molar-refractivity contribution in [2.75, 3.05) is 0 Å². The molecule has 5 fully saturated rings. The molecule has 0 aliphatic heterocycles. The summed E-state index contributed by atoms with van der Waals surface area (Å²) in [5.41, 5.74) is 0. The van der Waals surface area contributed by atoms with E-state index in [2.05, 4.69) is 0 Å². The van der Waals surface area contributed by atoms with Crippen molar-refractivity contribution in [1.82, 2.24) is 0 Å². The minimum Gasteiger partial charge on any atom is -0.477 e. The van der Waals surface area contributed by atoms with Crippen LogP contribution in [0.25, 0.3) is 0 Å². The molecule has 7 atom stereocenters. The van der Waals surface area contributed by atoms with Gasteiger partial charge in [-0.2, -0.15) is 35.1 Å². The molecule has 5 aliphatic rings. The quantitative estimate of drug-likeness (QED) is 0.658. The fourth-order valence-corrected chi connectivity index (χ4v) is 6.69. The van der Waals surface area contributed by atoms with Crippen molar-refractivity contribution >= 4 is 5.97 Å². The molecule has 2 nitrogen and oxygen atoms in total. The van der Waals surface area contributed by atoms with E-state index >= 15 is 0 Å². The molecule has 0 heterocycles. The molecule has 0 aromatic carbocycles. The maximum absolute atomic E-state index is 14.7. The summed E-state index contributed by atoms with van der Waals surface area (Å²) in [6, 6.07) is 0. The first kappa shape index (κ1) is 19.2. The second-order valence-electron chi connectivity index (χ2n) is 8.72. The molecule has 0 aromatic rings. The number of fused-ring (bicyclic) bond motifs is 1. The predicted octanol–water partition coefficient (Wildman–Crippen LogP) is 4.93. The molecule has 1 N–H and O–H groups in total. The van der Waals surface area contributed by atoms with Crippen LogP contribution in [0.1, 0.15) is 32.1 Å². The van der Waals surface area contributed by atoms with Gasteiger partial charge in [-0.15, -0.1) is 0 Å². The molecule has 6 bridgehead atoms. The number of rotatable bonds is 5. The molecule has 5 saturated carbocycles. The second-order valence-corrected chi connectivity index (χ2v) is 8.72. The summed E-state index contributed by atoms with van der Waals surface area (Å²) in [6.07, 6.45) is 1.43. The number of carboxylic acids is 1. The molecule has 154 valence electrons. The van der Waals surface area contributed by atoms with Crippen molar-refractivity contribution in [3.63, 3.8) is 0 Å². The number of hydrogen-bond acceptors (Lipinski definition) is 1. The normalized spacial score (nSPS) is 41.3. The fraction of sp³-hybridized carbons (Fsp3) is 0.941. The van der Waals surface area contributed by atoms with Gasteiger partial charge in [-0.3, -0.25) is 0 Å². The molecule has 0 amide bonds. The Labute approximate surface area is 149 Å². The highest BCUT2D eigenvalue weighted by Gasteiger charge is 2.84. The fourth-order valence-electron chi connectivity index (χ4n) is 6.69. The van der Waals surface area contributed by atoms with Crippen LogP contribution in [0.4, 0.5) is 35.1 Å². The molecule has 0 saturated heterocycles. The Morgan fingerprint density at radius 1 is 0.704 bits per heavy atom. The number of halogens is 8. The van der Waals surface area contributed by atoms with Gasteiger partial charge in [-0.25, -0.2) is 4.79 Å². The van der Waals surface area contributed by atoms with Gasteiger partial charge >= 0.3 is 29.7 Å². The lowest BCUT2D eigenvalue weighted by atomic mass is 9.71. The van der Waals surface area contributed by atoms with Crippen molar-refractivity contribution in [2.24, 2.45) is 41.4 Å². The van der Waals surface area contributed by atoms with Crippen LogP contribution < -0.4 is 0 Å². The molecule has 0 aromatic heterocycles. The summed E-state index contributed by atoms with van der Waals surface area (Å²) >= 11 is 0. The standard InChI is InChI=1S/C17H18F8O2/c18-14(19,16(22,23)17(24,25)15(20,21)13(26)27)11-5-9-2-6-1-8-3-7(11)4-10(6)12(8)9/h6-12H,1-5H2,(H,26,27)/t6?,7?,8?,9?,10?,11-,12?/m1/s1. The van der Waals surface area contributed by atoms with E-state index in [1.165, 1.54) is 0 Å². The number of aliphatic carboxylic acids is 1. The van der Waals surface area contributed by atoms with Gasteiger partial charge in [0.25, 0.3) is 0 Å². The summed E-state index contributed by atoms with van der Waals surface area (Å²) in [5, 5.41) is 8.18. The van der Waals surface area contributed by atoms with Crippen molar-refractivity contribution in [3.8, 4) is 0 Å². The Kier molecular flexibility index (Phi) is 3.77. The SMILES string of the molecule is O=C(O)C(F)(F)C(F)(F)C(F)(F)C(F)(F)[C@@H]1CC2CC3CC4CC1CC3C42. The first-order valence-corrected chi connectivity index (χ1v) is 8.98. The van der Waals surface area contributed by atoms with Gasteiger partial charge < -0.3 is 5.11 Å². The first-order valence-electron chi connectivity index (χ1n) is 8.98. The highest BCUT2D eigenvalue weighted by molar-refractivity contribution is 5.77. The number of hydrogen-bond donors (Lipinski definition) is 1. The Morgan fingerprint density at radius 2 is 1.22 bits per heavy atom. The molecule has 10 heteroatoms. The minimum atomic E-state index is -6.72. The average Bonchev–Trinajstić information content (AvgIpc) is 2.88. The van der Waals surface area contributed by atoms with Crippen molar-refractivity contribution in [3.05, 3.63) is 0 Å². The van der Waals surface area contributed by atoms with E-state index in [0.717, 1.165) is 6.42 Å². The zero-order chi connectivity index (χ0) is 20.2. The van der Waals surface area contributed by atoms with Gasteiger partial charge in [-0.1, -0.05) is 0 Å². The van der Waals surface area contributed by atoms with Crippen LogP contribution >= 0.6 is 0 Å². The van der Waals surface area contributed by atoms with Crippen molar-refractivity contribution in [2.45, 2.75) is 55.8 Å². The van der Waals surface area contributed by atoms with Crippen LogP contribution in [-0.4, -0.2) is 34.8 Å². The van der Waals surface area contributed by atoms with Crippen LogP contribution in [0, 0.1) is 41.4 Å². The molecule has 0 radical (unpaired) electrons. The summed E-state index contributed by atoms with van der Waals surface area (Å²) in [4.78, 5) is 10.3. The van der Waals surface area contributed by atoms with E-state index in [1.54, 1.807) is 0 Å². The Morgan fingerprint density at radius 3 is 1.74 bits per heavy atom. The Balaban J connectivity index is 1.69. The first-order chi connectivity index (χ1) is 12.2. The van der Waals surface area contributed by atoms with E-state index < -0.39 is 47.9 Å². The molecular formula is C17H18F8O2. The van der Waals surface area contributed by atoms with Gasteiger partial charge in [0.05, 0.1) is 0 Å². The average molecular weight is 406 g/mol. The van der Waals surface area contributed by atoms with Gasteiger partial charge in [0.2, 0.25) is 0 Å². The third kappa shape index (κ3) is 2.15. The zero-order valence-corrected chi connectivity index (χ0v) is 14.0. The summed E-state index contributed by atoms with van der Waals surface area (Å²) < 4.78 is 112.